The lowest BCUT2D eigenvalue weighted by Gasteiger charge is -2.40. The Hall–Kier alpha value is -5.20. The number of ether oxygens (including phenoxy) is 2. The van der Waals surface area contributed by atoms with Crippen LogP contribution in [0.3, 0.4) is 0 Å². The zero-order valence-electron chi connectivity index (χ0n) is 21.6. The molecule has 0 saturated heterocycles. The Morgan fingerprint density at radius 2 is 1.31 bits per heavy atom. The summed E-state index contributed by atoms with van der Waals surface area (Å²) in [4.78, 5) is 0. The van der Waals surface area contributed by atoms with Gasteiger partial charge in [-0.2, -0.15) is 0 Å². The highest BCUT2D eigenvalue weighted by atomic mass is 16.7. The molecular formula is C30H26O12. The SMILES string of the molecule is Oc1cc(O)c2c(c1)O[14C@H](c1ccc(O)c(O)c1)[C@H](O)[C@H]2c1c(O)cc(O)c2c1O[C@H](c1ccc(O)c(O)c1)[C@H](O)C2. The Labute approximate surface area is 237 Å². The summed E-state index contributed by atoms with van der Waals surface area (Å²) in [6.45, 7) is 0. The maximum absolute atomic E-state index is 11.8. The molecule has 0 radical (unpaired) electrons. The molecule has 0 saturated carbocycles. The second-order valence-electron chi connectivity index (χ2n) is 10.3. The maximum atomic E-state index is 11.8. The molecule has 0 fully saturated rings. The van der Waals surface area contributed by atoms with Crippen LogP contribution in [0.5, 0.6) is 57.5 Å². The Morgan fingerprint density at radius 1 is 0.643 bits per heavy atom. The minimum Gasteiger partial charge on any atom is -0.508 e. The quantitative estimate of drug-likeness (QED) is 0.158. The maximum Gasteiger partial charge on any atom is 0.157 e. The smallest absolute Gasteiger partial charge is 0.157 e. The van der Waals surface area contributed by atoms with Crippen molar-refractivity contribution in [2.24, 2.45) is 0 Å². The average Bonchev–Trinajstić information content (AvgIpc) is 2.93. The highest BCUT2D eigenvalue weighted by Gasteiger charge is 2.46. The number of phenolic OH excluding ortho intramolecular Hbond substituents is 8. The van der Waals surface area contributed by atoms with Crippen molar-refractivity contribution in [1.82, 2.24) is 0 Å². The molecule has 218 valence electrons. The van der Waals surface area contributed by atoms with Crippen molar-refractivity contribution < 1.29 is 60.5 Å². The van der Waals surface area contributed by atoms with Crippen LogP contribution < -0.4 is 9.47 Å². The van der Waals surface area contributed by atoms with Gasteiger partial charge in [-0.05, 0) is 35.4 Å². The van der Waals surface area contributed by atoms with Crippen LogP contribution in [0, 0.1) is 0 Å². The van der Waals surface area contributed by atoms with Crippen molar-refractivity contribution >= 4 is 0 Å². The lowest BCUT2D eigenvalue weighted by molar-refractivity contribution is 0.00115. The van der Waals surface area contributed by atoms with E-state index in [-0.39, 0.29) is 51.5 Å². The molecule has 12 heteroatoms. The summed E-state index contributed by atoms with van der Waals surface area (Å²) in [5, 5.41) is 105. The van der Waals surface area contributed by atoms with Crippen molar-refractivity contribution in [3.63, 3.8) is 0 Å². The van der Waals surface area contributed by atoms with E-state index < -0.39 is 70.6 Å². The molecule has 2 aliphatic rings. The van der Waals surface area contributed by atoms with Crippen LogP contribution in [0.2, 0.25) is 0 Å². The Balaban J connectivity index is 1.55. The molecule has 0 spiro atoms. The van der Waals surface area contributed by atoms with E-state index in [2.05, 4.69) is 0 Å². The molecule has 5 atom stereocenters. The number of phenols is 8. The predicted octanol–water partition coefficient (Wildman–Crippen LogP) is 3.00. The first-order valence-electron chi connectivity index (χ1n) is 12.8. The molecule has 10 N–H and O–H groups in total. The van der Waals surface area contributed by atoms with E-state index in [9.17, 15) is 51.1 Å². The molecule has 0 aromatic heterocycles. The van der Waals surface area contributed by atoms with Crippen LogP contribution in [-0.4, -0.2) is 63.3 Å². The standard InChI is InChI=1S/C30H26O12/c31-13-7-20(37)24-23(8-13)41-29(12-2-4-16(33)19(36)6-12)27(40)26(24)25-21(38)10-17(34)14-9-22(39)28(42-30(14)25)11-1-3-15(32)18(35)5-11/h1-8,10,22,26-29,31-40H,9H2/t22-,26-,27-,28-,29-/m1/s1/i29+2. The highest BCUT2D eigenvalue weighted by molar-refractivity contribution is 5.65. The zero-order chi connectivity index (χ0) is 30.0. The number of fused-ring (bicyclic) bond motifs is 2. The number of rotatable bonds is 3. The van der Waals surface area contributed by atoms with Gasteiger partial charge in [0, 0.05) is 41.3 Å². The number of aromatic hydroxyl groups is 8. The van der Waals surface area contributed by atoms with Gasteiger partial charge in [0.15, 0.2) is 29.1 Å². The fourth-order valence-electron chi connectivity index (χ4n) is 5.71. The molecule has 0 unspecified atom stereocenters. The summed E-state index contributed by atoms with van der Waals surface area (Å²) in [6, 6.07) is 10.8. The summed E-state index contributed by atoms with van der Waals surface area (Å²) in [5.74, 6) is -5.08. The van der Waals surface area contributed by atoms with Gasteiger partial charge >= 0.3 is 0 Å². The van der Waals surface area contributed by atoms with Gasteiger partial charge in [-0.1, -0.05) is 12.1 Å². The largest absolute Gasteiger partial charge is 0.508 e. The third-order valence-electron chi connectivity index (χ3n) is 7.67. The van der Waals surface area contributed by atoms with Gasteiger partial charge in [-0.3, -0.25) is 0 Å². The van der Waals surface area contributed by atoms with E-state index in [0.717, 1.165) is 12.1 Å². The topological polar surface area (TPSA) is 221 Å². The van der Waals surface area contributed by atoms with E-state index in [4.69, 9.17) is 9.47 Å². The monoisotopic (exact) mass is 580 g/mol. The van der Waals surface area contributed by atoms with E-state index in [1.54, 1.807) is 0 Å². The third-order valence-corrected chi connectivity index (χ3v) is 7.67. The van der Waals surface area contributed by atoms with Crippen molar-refractivity contribution in [1.29, 1.82) is 0 Å². The molecule has 4 aromatic rings. The minimum absolute atomic E-state index is 0.0312. The summed E-state index contributed by atoms with van der Waals surface area (Å²) in [7, 11) is 0. The molecule has 0 aliphatic carbocycles. The number of hydrogen-bond donors (Lipinski definition) is 10. The van der Waals surface area contributed by atoms with E-state index in [0.29, 0.717) is 0 Å². The molecule has 0 bridgehead atoms. The number of aliphatic hydroxyl groups is 2. The molecule has 2 aliphatic heterocycles. The van der Waals surface area contributed by atoms with Crippen LogP contribution in [0.15, 0.2) is 54.6 Å². The second-order valence-corrected chi connectivity index (χ2v) is 10.3. The van der Waals surface area contributed by atoms with Crippen LogP contribution in [0.25, 0.3) is 0 Å². The van der Waals surface area contributed by atoms with E-state index in [1.165, 1.54) is 42.5 Å². The van der Waals surface area contributed by atoms with Gasteiger partial charge in [-0.25, -0.2) is 0 Å². The molecule has 12 nitrogen and oxygen atoms in total. The van der Waals surface area contributed by atoms with Crippen molar-refractivity contribution in [3.8, 4) is 57.5 Å². The molecule has 2 heterocycles. The second kappa shape index (κ2) is 9.72. The summed E-state index contributed by atoms with van der Waals surface area (Å²) < 4.78 is 12.1. The van der Waals surface area contributed by atoms with Crippen LogP contribution in [0.1, 0.15) is 45.9 Å². The number of aliphatic hydroxyl groups excluding tert-OH is 2. The fraction of sp³-hybridized carbons (Fsp3) is 0.200. The minimum atomic E-state index is -1.59. The first-order chi connectivity index (χ1) is 19.9. The predicted molar refractivity (Wildman–Crippen MR) is 143 cm³/mol. The first kappa shape index (κ1) is 27.0. The normalized spacial score (nSPS) is 22.9. The van der Waals surface area contributed by atoms with Gasteiger partial charge < -0.3 is 60.5 Å². The van der Waals surface area contributed by atoms with Gasteiger partial charge in [0.05, 0.1) is 12.0 Å². The average molecular weight is 581 g/mol. The molecule has 6 rings (SSSR count). The van der Waals surface area contributed by atoms with Gasteiger partial charge in [0.1, 0.15) is 46.7 Å². The zero-order valence-corrected chi connectivity index (χ0v) is 21.6. The first-order valence-corrected chi connectivity index (χ1v) is 12.8. The molecule has 0 amide bonds. The highest BCUT2D eigenvalue weighted by Crippen LogP contribution is 2.57. The van der Waals surface area contributed by atoms with Gasteiger partial charge in [0.25, 0.3) is 0 Å². The van der Waals surface area contributed by atoms with Crippen LogP contribution in [-0.2, 0) is 6.42 Å². The van der Waals surface area contributed by atoms with E-state index >= 15 is 0 Å². The van der Waals surface area contributed by atoms with Gasteiger partial charge in [0.2, 0.25) is 0 Å². The van der Waals surface area contributed by atoms with Crippen LogP contribution >= 0.6 is 0 Å². The van der Waals surface area contributed by atoms with Crippen molar-refractivity contribution in [3.05, 3.63) is 82.4 Å². The number of benzene rings is 4. The Kier molecular flexibility index (Phi) is 6.24. The molecule has 42 heavy (non-hydrogen) atoms. The summed E-state index contributed by atoms with van der Waals surface area (Å²) in [6.07, 6.45) is -5.43. The molecule has 4 aromatic carbocycles. The lowest BCUT2D eigenvalue weighted by Crippen LogP contribution is -2.36. The Morgan fingerprint density at radius 3 is 2.00 bits per heavy atom. The Bertz CT molecular complexity index is 1720. The third kappa shape index (κ3) is 4.24. The lowest BCUT2D eigenvalue weighted by atomic mass is 9.82. The summed E-state index contributed by atoms with van der Waals surface area (Å²) >= 11 is 0. The van der Waals surface area contributed by atoms with Gasteiger partial charge in [-0.15, -0.1) is 0 Å². The van der Waals surface area contributed by atoms with Crippen molar-refractivity contribution in [2.45, 2.75) is 36.8 Å². The molecular weight excluding hydrogens is 554 g/mol. The van der Waals surface area contributed by atoms with Crippen molar-refractivity contribution in [2.75, 3.05) is 0 Å². The fourth-order valence-corrected chi connectivity index (χ4v) is 5.71. The summed E-state index contributed by atoms with van der Waals surface area (Å²) in [5.41, 5.74) is 0.435. The number of hydrogen-bond acceptors (Lipinski definition) is 12. The van der Waals surface area contributed by atoms with Crippen LogP contribution in [0.4, 0.5) is 0 Å². The van der Waals surface area contributed by atoms with E-state index in [1.807, 2.05) is 0 Å².